The van der Waals surface area contributed by atoms with E-state index in [0.29, 0.717) is 28.0 Å². The van der Waals surface area contributed by atoms with Crippen LogP contribution in [0.4, 0.5) is 11.4 Å². The van der Waals surface area contributed by atoms with Gasteiger partial charge in [0.25, 0.3) is 11.6 Å². The minimum absolute atomic E-state index is 0.0279. The normalized spacial score (nSPS) is 10.5. The average Bonchev–Trinajstić information content (AvgIpc) is 3.37. The summed E-state index contributed by atoms with van der Waals surface area (Å²) in [6, 6.07) is 17.1. The lowest BCUT2D eigenvalue weighted by molar-refractivity contribution is -0.384. The zero-order valence-electron chi connectivity index (χ0n) is 19.7. The Bertz CT molecular complexity index is 1400. The quantitative estimate of drug-likeness (QED) is 0.211. The van der Waals surface area contributed by atoms with Gasteiger partial charge in [-0.3, -0.25) is 14.9 Å². The van der Waals surface area contributed by atoms with Gasteiger partial charge in [0, 0.05) is 23.4 Å². The number of nitrogens with one attached hydrogen (secondary N) is 1. The Labute approximate surface area is 216 Å². The standard InChI is InChI=1S/C25H21ClN4O7/c1-34-22-4-3-5-23(35-2)24(22)36-15-29-11-10-21(28-29)25(31)27-17-12-18(30(32)33)14-20(13-17)37-19-8-6-16(26)7-9-19/h3-14H,15H2,1-2H3,(H,27,31). The monoisotopic (exact) mass is 524 g/mol. The molecule has 0 atom stereocenters. The molecule has 190 valence electrons. The van der Waals surface area contributed by atoms with Crippen molar-refractivity contribution in [1.82, 2.24) is 9.78 Å². The third-order valence-corrected chi connectivity index (χ3v) is 5.26. The Morgan fingerprint density at radius 1 is 1.03 bits per heavy atom. The van der Waals surface area contributed by atoms with E-state index in [2.05, 4.69) is 10.4 Å². The van der Waals surface area contributed by atoms with Crippen LogP contribution in [0.2, 0.25) is 5.02 Å². The number of rotatable bonds is 10. The second kappa shape index (κ2) is 11.3. The molecule has 0 bridgehead atoms. The highest BCUT2D eigenvalue weighted by atomic mass is 35.5. The number of carbonyl (C=O) groups excluding carboxylic acids is 1. The molecule has 0 unspecified atom stereocenters. The molecule has 1 heterocycles. The van der Waals surface area contributed by atoms with Gasteiger partial charge in [-0.1, -0.05) is 17.7 Å². The lowest BCUT2D eigenvalue weighted by Crippen LogP contribution is -2.14. The van der Waals surface area contributed by atoms with Gasteiger partial charge >= 0.3 is 0 Å². The number of nitrogens with zero attached hydrogens (tertiary/aromatic N) is 3. The first-order valence-electron chi connectivity index (χ1n) is 10.8. The first-order valence-corrected chi connectivity index (χ1v) is 11.2. The molecular weight excluding hydrogens is 504 g/mol. The SMILES string of the molecule is COc1cccc(OC)c1OCn1ccc(C(=O)Nc2cc(Oc3ccc(Cl)cc3)cc([N+](=O)[O-])c2)n1. The highest BCUT2D eigenvalue weighted by Gasteiger charge is 2.16. The minimum Gasteiger partial charge on any atom is -0.493 e. The van der Waals surface area contributed by atoms with Crippen molar-refractivity contribution in [3.63, 3.8) is 0 Å². The number of methoxy groups -OCH3 is 2. The van der Waals surface area contributed by atoms with Crippen molar-refractivity contribution in [3.8, 4) is 28.7 Å². The molecule has 1 aromatic heterocycles. The number of anilines is 1. The van der Waals surface area contributed by atoms with Crippen LogP contribution in [-0.4, -0.2) is 34.8 Å². The Kier molecular flexibility index (Phi) is 7.74. The molecule has 11 nitrogen and oxygen atoms in total. The Balaban J connectivity index is 1.47. The summed E-state index contributed by atoms with van der Waals surface area (Å²) in [7, 11) is 3.02. The number of aromatic nitrogens is 2. The molecule has 1 N–H and O–H groups in total. The summed E-state index contributed by atoms with van der Waals surface area (Å²) in [5.74, 6) is 1.35. The predicted octanol–water partition coefficient (Wildman–Crippen LogP) is 5.54. The van der Waals surface area contributed by atoms with Gasteiger partial charge in [0.2, 0.25) is 5.75 Å². The molecule has 0 saturated heterocycles. The summed E-state index contributed by atoms with van der Waals surface area (Å²) >= 11 is 5.88. The fourth-order valence-electron chi connectivity index (χ4n) is 3.30. The smallest absolute Gasteiger partial charge is 0.276 e. The summed E-state index contributed by atoms with van der Waals surface area (Å²) in [4.78, 5) is 23.6. The van der Waals surface area contributed by atoms with E-state index < -0.39 is 10.8 Å². The van der Waals surface area contributed by atoms with Gasteiger partial charge < -0.3 is 24.3 Å². The number of carbonyl (C=O) groups is 1. The average molecular weight is 525 g/mol. The summed E-state index contributed by atoms with van der Waals surface area (Å²) in [5.41, 5.74) is -0.0264. The van der Waals surface area contributed by atoms with Crippen molar-refractivity contribution in [2.45, 2.75) is 6.73 Å². The molecular formula is C25H21ClN4O7. The van der Waals surface area contributed by atoms with Gasteiger partial charge in [-0.15, -0.1) is 0 Å². The van der Waals surface area contributed by atoms with Crippen molar-refractivity contribution in [2.75, 3.05) is 19.5 Å². The molecule has 0 spiro atoms. The summed E-state index contributed by atoms with van der Waals surface area (Å²) in [5, 5.41) is 18.8. The molecule has 37 heavy (non-hydrogen) atoms. The number of hydrogen-bond acceptors (Lipinski definition) is 8. The largest absolute Gasteiger partial charge is 0.493 e. The van der Waals surface area contributed by atoms with Crippen LogP contribution in [0.15, 0.2) is 72.9 Å². The first-order chi connectivity index (χ1) is 17.9. The molecule has 0 fully saturated rings. The zero-order chi connectivity index (χ0) is 26.4. The second-order valence-corrected chi connectivity index (χ2v) is 7.92. The summed E-state index contributed by atoms with van der Waals surface area (Å²) in [6.07, 6.45) is 1.55. The number of amides is 1. The van der Waals surface area contributed by atoms with Crippen LogP contribution < -0.4 is 24.3 Å². The first kappa shape index (κ1) is 25.3. The number of nitro benzene ring substituents is 1. The minimum atomic E-state index is -0.581. The molecule has 0 aliphatic rings. The molecule has 0 radical (unpaired) electrons. The number of hydrogen-bond donors (Lipinski definition) is 1. The maximum absolute atomic E-state index is 12.8. The van der Waals surface area contributed by atoms with Crippen molar-refractivity contribution in [1.29, 1.82) is 0 Å². The van der Waals surface area contributed by atoms with Crippen molar-refractivity contribution < 1.29 is 28.7 Å². The number of para-hydroxylation sites is 1. The van der Waals surface area contributed by atoms with Crippen LogP contribution in [0.5, 0.6) is 28.7 Å². The topological polar surface area (TPSA) is 127 Å². The van der Waals surface area contributed by atoms with Gasteiger partial charge in [0.05, 0.1) is 30.9 Å². The number of halogens is 1. The molecule has 4 aromatic rings. The third-order valence-electron chi connectivity index (χ3n) is 5.01. The predicted molar refractivity (Wildman–Crippen MR) is 135 cm³/mol. The van der Waals surface area contributed by atoms with E-state index in [-0.39, 0.29) is 29.5 Å². The summed E-state index contributed by atoms with van der Waals surface area (Å²) in [6.45, 7) is -0.0279. The maximum Gasteiger partial charge on any atom is 0.276 e. The second-order valence-electron chi connectivity index (χ2n) is 7.49. The fourth-order valence-corrected chi connectivity index (χ4v) is 3.42. The van der Waals surface area contributed by atoms with Crippen molar-refractivity contribution in [3.05, 3.63) is 93.8 Å². The van der Waals surface area contributed by atoms with Gasteiger partial charge in [0.15, 0.2) is 23.9 Å². The van der Waals surface area contributed by atoms with E-state index >= 15 is 0 Å². The van der Waals surface area contributed by atoms with Crippen molar-refractivity contribution in [2.24, 2.45) is 0 Å². The Morgan fingerprint density at radius 2 is 1.73 bits per heavy atom. The highest BCUT2D eigenvalue weighted by molar-refractivity contribution is 6.30. The number of benzene rings is 3. The molecule has 0 aliphatic heterocycles. The third kappa shape index (κ3) is 6.27. The van der Waals surface area contributed by atoms with Gasteiger partial charge in [-0.05, 0) is 42.5 Å². The molecule has 12 heteroatoms. The summed E-state index contributed by atoms with van der Waals surface area (Å²) < 4.78 is 23.5. The molecule has 4 rings (SSSR count). The van der Waals surface area contributed by atoms with E-state index in [0.717, 1.165) is 0 Å². The van der Waals surface area contributed by atoms with Crippen LogP contribution in [0, 0.1) is 10.1 Å². The Morgan fingerprint density at radius 3 is 2.38 bits per heavy atom. The number of non-ortho nitro benzene ring substituents is 1. The number of ether oxygens (including phenoxy) is 4. The molecule has 0 saturated carbocycles. The molecule has 1 amide bonds. The van der Waals surface area contributed by atoms with E-state index in [1.807, 2.05) is 0 Å². The maximum atomic E-state index is 12.8. The van der Waals surface area contributed by atoms with Crippen LogP contribution in [0.25, 0.3) is 0 Å². The van der Waals surface area contributed by atoms with E-state index in [9.17, 15) is 14.9 Å². The van der Waals surface area contributed by atoms with Gasteiger partial charge in [-0.25, -0.2) is 4.68 Å². The molecule has 3 aromatic carbocycles. The van der Waals surface area contributed by atoms with Crippen LogP contribution in [0.3, 0.4) is 0 Å². The van der Waals surface area contributed by atoms with Gasteiger partial charge in [-0.2, -0.15) is 5.10 Å². The Hall–Kier alpha value is -4.77. The van der Waals surface area contributed by atoms with E-state index in [1.54, 1.807) is 48.7 Å². The molecule has 0 aliphatic carbocycles. The fraction of sp³-hybridized carbons (Fsp3) is 0.120. The van der Waals surface area contributed by atoms with E-state index in [4.69, 9.17) is 30.5 Å². The van der Waals surface area contributed by atoms with E-state index in [1.165, 1.54) is 43.2 Å². The van der Waals surface area contributed by atoms with Crippen LogP contribution >= 0.6 is 11.6 Å². The van der Waals surface area contributed by atoms with Crippen LogP contribution in [-0.2, 0) is 6.73 Å². The lowest BCUT2D eigenvalue weighted by atomic mass is 10.2. The highest BCUT2D eigenvalue weighted by Crippen LogP contribution is 2.37. The zero-order valence-corrected chi connectivity index (χ0v) is 20.5. The van der Waals surface area contributed by atoms with Crippen molar-refractivity contribution >= 4 is 28.9 Å². The van der Waals surface area contributed by atoms with Gasteiger partial charge in [0.1, 0.15) is 11.5 Å². The number of nitro groups is 1. The van der Waals surface area contributed by atoms with Crippen LogP contribution in [0.1, 0.15) is 10.5 Å². The lowest BCUT2D eigenvalue weighted by Gasteiger charge is -2.13.